The molecule has 20 heavy (non-hydrogen) atoms. The summed E-state index contributed by atoms with van der Waals surface area (Å²) in [6, 6.07) is 4.78. The van der Waals surface area contributed by atoms with Gasteiger partial charge in [-0.1, -0.05) is 0 Å². The monoisotopic (exact) mass is 278 g/mol. The van der Waals surface area contributed by atoms with Gasteiger partial charge in [0.1, 0.15) is 0 Å². The van der Waals surface area contributed by atoms with Crippen LogP contribution in [0, 0.1) is 29.6 Å². The molecule has 1 aliphatic heterocycles. The lowest BCUT2D eigenvalue weighted by atomic mass is 10.1. The van der Waals surface area contributed by atoms with Crippen LogP contribution in [-0.2, 0) is 11.0 Å². The van der Waals surface area contributed by atoms with E-state index in [1.807, 2.05) is 0 Å². The highest BCUT2D eigenvalue weighted by Gasteiger charge is 2.39. The summed E-state index contributed by atoms with van der Waals surface area (Å²) >= 11 is 0. The first kappa shape index (κ1) is 14.0. The van der Waals surface area contributed by atoms with E-state index < -0.39 is 17.6 Å². The van der Waals surface area contributed by atoms with Crippen LogP contribution >= 0.6 is 0 Å². The molecule has 1 heterocycles. The van der Waals surface area contributed by atoms with E-state index in [4.69, 9.17) is 11.7 Å². The Hall–Kier alpha value is -2.47. The van der Waals surface area contributed by atoms with E-state index in [1.54, 1.807) is 6.07 Å². The SMILES string of the molecule is C#CC1CC(=O)N(c2ccc(C#N)cc2C(F)(F)F)C1. The smallest absolute Gasteiger partial charge is 0.311 e. The van der Waals surface area contributed by atoms with Gasteiger partial charge in [-0.25, -0.2) is 0 Å². The maximum absolute atomic E-state index is 13.0. The number of alkyl halides is 3. The molecule has 0 spiro atoms. The Labute approximate surface area is 113 Å². The molecule has 1 unspecified atom stereocenters. The zero-order valence-electron chi connectivity index (χ0n) is 10.2. The second-order valence-corrected chi connectivity index (χ2v) is 4.41. The average molecular weight is 278 g/mol. The predicted octanol–water partition coefficient (Wildman–Crippen LogP) is 2.56. The van der Waals surface area contributed by atoms with Crippen molar-refractivity contribution < 1.29 is 18.0 Å². The molecule has 0 aromatic heterocycles. The summed E-state index contributed by atoms with van der Waals surface area (Å²) in [5.74, 6) is 1.55. The number of halogens is 3. The summed E-state index contributed by atoms with van der Waals surface area (Å²) in [4.78, 5) is 12.8. The molecule has 0 bridgehead atoms. The number of benzene rings is 1. The van der Waals surface area contributed by atoms with Crippen molar-refractivity contribution in [2.75, 3.05) is 11.4 Å². The van der Waals surface area contributed by atoms with Gasteiger partial charge in [0, 0.05) is 18.9 Å². The van der Waals surface area contributed by atoms with E-state index in [0.29, 0.717) is 0 Å². The fourth-order valence-electron chi connectivity index (χ4n) is 2.12. The van der Waals surface area contributed by atoms with Crippen LogP contribution < -0.4 is 4.90 Å². The number of carbonyl (C=O) groups is 1. The summed E-state index contributed by atoms with van der Waals surface area (Å²) in [6.45, 7) is 0.0598. The Morgan fingerprint density at radius 2 is 2.10 bits per heavy atom. The molecule has 6 heteroatoms. The topological polar surface area (TPSA) is 44.1 Å². The van der Waals surface area contributed by atoms with E-state index in [-0.39, 0.29) is 30.1 Å². The summed E-state index contributed by atoms with van der Waals surface area (Å²) in [5.41, 5.74) is -1.36. The molecule has 0 radical (unpaired) electrons. The number of hydrogen-bond acceptors (Lipinski definition) is 2. The van der Waals surface area contributed by atoms with Crippen molar-refractivity contribution in [3.05, 3.63) is 29.3 Å². The van der Waals surface area contributed by atoms with E-state index in [0.717, 1.165) is 17.0 Å². The minimum Gasteiger partial charge on any atom is -0.311 e. The molecule has 3 nitrogen and oxygen atoms in total. The van der Waals surface area contributed by atoms with Crippen LogP contribution in [-0.4, -0.2) is 12.5 Å². The maximum atomic E-state index is 13.0. The number of anilines is 1. The summed E-state index contributed by atoms with van der Waals surface area (Å²) in [6.07, 6.45) is 0.605. The van der Waals surface area contributed by atoms with Crippen molar-refractivity contribution in [1.82, 2.24) is 0 Å². The average Bonchev–Trinajstić information content (AvgIpc) is 2.78. The van der Waals surface area contributed by atoms with Gasteiger partial charge in [0.15, 0.2) is 0 Å². The van der Waals surface area contributed by atoms with Crippen LogP contribution in [0.15, 0.2) is 18.2 Å². The molecule has 1 amide bonds. The lowest BCUT2D eigenvalue weighted by molar-refractivity contribution is -0.137. The van der Waals surface area contributed by atoms with Crippen molar-refractivity contribution in [1.29, 1.82) is 5.26 Å². The first-order valence-corrected chi connectivity index (χ1v) is 5.74. The van der Waals surface area contributed by atoms with Crippen molar-refractivity contribution in [2.24, 2.45) is 5.92 Å². The molecule has 1 aliphatic rings. The largest absolute Gasteiger partial charge is 0.418 e. The van der Waals surface area contributed by atoms with Crippen LogP contribution in [0.2, 0.25) is 0 Å². The van der Waals surface area contributed by atoms with Gasteiger partial charge in [-0.2, -0.15) is 18.4 Å². The Morgan fingerprint density at radius 1 is 1.40 bits per heavy atom. The molecule has 0 N–H and O–H groups in total. The van der Waals surface area contributed by atoms with Crippen molar-refractivity contribution in [3.8, 4) is 18.4 Å². The molecule has 1 aromatic carbocycles. The Morgan fingerprint density at radius 3 is 2.60 bits per heavy atom. The molecule has 2 rings (SSSR count). The fraction of sp³-hybridized carbons (Fsp3) is 0.286. The van der Waals surface area contributed by atoms with Gasteiger partial charge in [0.25, 0.3) is 0 Å². The first-order chi connectivity index (χ1) is 9.36. The minimum absolute atomic E-state index is 0.0355. The van der Waals surface area contributed by atoms with Crippen molar-refractivity contribution >= 4 is 11.6 Å². The quantitative estimate of drug-likeness (QED) is 0.741. The molecule has 0 aliphatic carbocycles. The van der Waals surface area contributed by atoms with Gasteiger partial charge < -0.3 is 4.90 Å². The molecule has 1 fully saturated rings. The van der Waals surface area contributed by atoms with Gasteiger partial charge in [-0.15, -0.1) is 12.3 Å². The van der Waals surface area contributed by atoms with Crippen molar-refractivity contribution in [3.63, 3.8) is 0 Å². The Bertz CT molecular complexity index is 637. The molecule has 1 atom stereocenters. The number of terminal acetylenes is 1. The third-order valence-corrected chi connectivity index (χ3v) is 3.08. The number of nitriles is 1. The lowest BCUT2D eigenvalue weighted by Gasteiger charge is -2.21. The van der Waals surface area contributed by atoms with Gasteiger partial charge >= 0.3 is 6.18 Å². The zero-order chi connectivity index (χ0) is 14.9. The Balaban J connectivity index is 2.50. The number of nitrogens with zero attached hydrogens (tertiary/aromatic N) is 2. The minimum atomic E-state index is -4.64. The first-order valence-electron chi connectivity index (χ1n) is 5.74. The summed E-state index contributed by atoms with van der Waals surface area (Å²) in [5, 5.41) is 8.69. The normalized spacial score (nSPS) is 18.8. The zero-order valence-corrected chi connectivity index (χ0v) is 10.2. The number of amides is 1. The molecule has 1 aromatic rings. The lowest BCUT2D eigenvalue weighted by Crippen LogP contribution is -2.27. The van der Waals surface area contributed by atoms with E-state index >= 15 is 0 Å². The number of hydrogen-bond donors (Lipinski definition) is 0. The van der Waals surface area contributed by atoms with Gasteiger partial charge in [-0.3, -0.25) is 4.79 Å². The summed E-state index contributed by atoms with van der Waals surface area (Å²) < 4.78 is 39.1. The molecule has 0 saturated carbocycles. The predicted molar refractivity (Wildman–Crippen MR) is 65.5 cm³/mol. The summed E-state index contributed by atoms with van der Waals surface area (Å²) in [7, 11) is 0. The third-order valence-electron chi connectivity index (χ3n) is 3.08. The number of rotatable bonds is 1. The van der Waals surface area contributed by atoms with Gasteiger partial charge in [0.05, 0.1) is 22.9 Å². The maximum Gasteiger partial charge on any atom is 0.418 e. The molecule has 102 valence electrons. The second kappa shape index (κ2) is 4.90. The molecular weight excluding hydrogens is 269 g/mol. The fourth-order valence-corrected chi connectivity index (χ4v) is 2.12. The molecule has 1 saturated heterocycles. The van der Waals surface area contributed by atoms with Crippen LogP contribution in [0.5, 0.6) is 0 Å². The number of carbonyl (C=O) groups excluding carboxylic acids is 1. The molecular formula is C14H9F3N2O. The van der Waals surface area contributed by atoms with Crippen LogP contribution in [0.3, 0.4) is 0 Å². The highest BCUT2D eigenvalue weighted by molar-refractivity contribution is 5.97. The van der Waals surface area contributed by atoms with Gasteiger partial charge in [0.2, 0.25) is 5.91 Å². The van der Waals surface area contributed by atoms with Crippen molar-refractivity contribution in [2.45, 2.75) is 12.6 Å². The van der Waals surface area contributed by atoms with E-state index in [9.17, 15) is 18.0 Å². The van der Waals surface area contributed by atoms with E-state index in [1.165, 1.54) is 6.07 Å². The standard InChI is InChI=1S/C14H9F3N2O/c1-2-9-6-13(20)19(8-9)12-4-3-10(7-18)5-11(12)14(15,16)17/h1,3-5,9H,6,8H2. The van der Waals surface area contributed by atoms with Crippen LogP contribution in [0.4, 0.5) is 18.9 Å². The second-order valence-electron chi connectivity index (χ2n) is 4.41. The highest BCUT2D eigenvalue weighted by Crippen LogP contribution is 2.39. The third kappa shape index (κ3) is 2.46. The van der Waals surface area contributed by atoms with Gasteiger partial charge in [-0.05, 0) is 18.2 Å². The Kier molecular flexibility index (Phi) is 3.42. The van der Waals surface area contributed by atoms with Crippen LogP contribution in [0.25, 0.3) is 0 Å². The van der Waals surface area contributed by atoms with E-state index in [2.05, 4.69) is 5.92 Å². The highest BCUT2D eigenvalue weighted by atomic mass is 19.4. The van der Waals surface area contributed by atoms with Crippen LogP contribution in [0.1, 0.15) is 17.5 Å².